The quantitative estimate of drug-likeness (QED) is 0.587. The minimum Gasteiger partial charge on any atom is -0.297 e. The zero-order valence-corrected chi connectivity index (χ0v) is 12.0. The van der Waals surface area contributed by atoms with Gasteiger partial charge in [-0.2, -0.15) is 0 Å². The molecule has 1 nitrogen and oxygen atoms in total. The summed E-state index contributed by atoms with van der Waals surface area (Å²) in [6.45, 7) is 23.6. The van der Waals surface area contributed by atoms with Crippen molar-refractivity contribution in [3.8, 4) is 0 Å². The van der Waals surface area contributed by atoms with Crippen LogP contribution in [0, 0.1) is 11.3 Å². The molecule has 0 bridgehead atoms. The molecular formula is C15H29N. The molecule has 0 aromatic heterocycles. The standard InChI is InChI=1S/C15H29N/c1-9-15(8,10-2)14(6,7)16(11-3)12-13(4)5/h9-10,13H,1-2,11-12H2,3-8H3. The van der Waals surface area contributed by atoms with Gasteiger partial charge in [-0.1, -0.05) is 39.8 Å². The lowest BCUT2D eigenvalue weighted by Gasteiger charge is -2.49. The molecule has 0 rings (SSSR count). The second-order valence-corrected chi connectivity index (χ2v) is 5.68. The summed E-state index contributed by atoms with van der Waals surface area (Å²) in [7, 11) is 0. The maximum Gasteiger partial charge on any atom is 0.0275 e. The summed E-state index contributed by atoms with van der Waals surface area (Å²) in [5.41, 5.74) is -0.00653. The Balaban J connectivity index is 5.11. The molecule has 0 aromatic rings. The SMILES string of the molecule is C=CC(C)(C=C)C(C)(C)N(CC)CC(C)C. The first-order valence-corrected chi connectivity index (χ1v) is 6.27. The van der Waals surface area contributed by atoms with Crippen molar-refractivity contribution in [3.05, 3.63) is 25.3 Å². The van der Waals surface area contributed by atoms with Gasteiger partial charge < -0.3 is 0 Å². The van der Waals surface area contributed by atoms with E-state index in [2.05, 4.69) is 59.6 Å². The van der Waals surface area contributed by atoms with Crippen LogP contribution in [0.2, 0.25) is 0 Å². The molecule has 0 heterocycles. The smallest absolute Gasteiger partial charge is 0.0275 e. The number of rotatable bonds is 7. The van der Waals surface area contributed by atoms with Gasteiger partial charge in [0.2, 0.25) is 0 Å². The van der Waals surface area contributed by atoms with Crippen molar-refractivity contribution in [1.29, 1.82) is 0 Å². The molecule has 0 saturated heterocycles. The molecular weight excluding hydrogens is 194 g/mol. The summed E-state index contributed by atoms with van der Waals surface area (Å²) in [6, 6.07) is 0. The highest BCUT2D eigenvalue weighted by atomic mass is 15.2. The Hall–Kier alpha value is -0.560. The van der Waals surface area contributed by atoms with Crippen LogP contribution < -0.4 is 0 Å². The van der Waals surface area contributed by atoms with Gasteiger partial charge in [0.1, 0.15) is 0 Å². The van der Waals surface area contributed by atoms with Crippen LogP contribution in [0.4, 0.5) is 0 Å². The van der Waals surface area contributed by atoms with Gasteiger partial charge in [0.25, 0.3) is 0 Å². The average Bonchev–Trinajstić information content (AvgIpc) is 2.23. The molecule has 1 heteroatoms. The summed E-state index contributed by atoms with van der Waals surface area (Å²) in [5.74, 6) is 0.679. The summed E-state index contributed by atoms with van der Waals surface area (Å²) in [5, 5.41) is 0. The first-order chi connectivity index (χ1) is 7.25. The van der Waals surface area contributed by atoms with Gasteiger partial charge in [0.15, 0.2) is 0 Å². The van der Waals surface area contributed by atoms with E-state index in [1.54, 1.807) is 0 Å². The van der Waals surface area contributed by atoms with Gasteiger partial charge >= 0.3 is 0 Å². The molecule has 94 valence electrons. The lowest BCUT2D eigenvalue weighted by Crippen LogP contribution is -2.54. The summed E-state index contributed by atoms with van der Waals surface area (Å²) >= 11 is 0. The molecule has 0 aliphatic carbocycles. The molecule has 0 aliphatic heterocycles. The van der Waals surface area contributed by atoms with Crippen LogP contribution in [0.3, 0.4) is 0 Å². The molecule has 0 atom stereocenters. The molecule has 16 heavy (non-hydrogen) atoms. The Labute approximate surface area is 102 Å². The zero-order valence-electron chi connectivity index (χ0n) is 12.0. The Morgan fingerprint density at radius 1 is 1.12 bits per heavy atom. The molecule has 0 N–H and O–H groups in total. The largest absolute Gasteiger partial charge is 0.297 e. The molecule has 0 fully saturated rings. The summed E-state index contributed by atoms with van der Waals surface area (Å²) in [6.07, 6.45) is 4.03. The van der Waals surface area contributed by atoms with E-state index in [1.165, 1.54) is 0 Å². The first kappa shape index (κ1) is 15.4. The Bertz CT molecular complexity index is 230. The van der Waals surface area contributed by atoms with E-state index in [4.69, 9.17) is 0 Å². The highest BCUT2D eigenvalue weighted by Gasteiger charge is 2.40. The fourth-order valence-corrected chi connectivity index (χ4v) is 2.12. The topological polar surface area (TPSA) is 3.24 Å². The van der Waals surface area contributed by atoms with E-state index in [0.717, 1.165) is 13.1 Å². The summed E-state index contributed by atoms with van der Waals surface area (Å²) in [4.78, 5) is 2.51. The van der Waals surface area contributed by atoms with E-state index in [-0.39, 0.29) is 11.0 Å². The predicted octanol–water partition coefficient (Wildman–Crippen LogP) is 4.12. The molecule has 0 unspecified atom stereocenters. The Morgan fingerprint density at radius 3 is 1.81 bits per heavy atom. The van der Waals surface area contributed by atoms with Crippen molar-refractivity contribution in [3.63, 3.8) is 0 Å². The molecule has 0 aromatic carbocycles. The van der Waals surface area contributed by atoms with E-state index < -0.39 is 0 Å². The van der Waals surface area contributed by atoms with E-state index in [9.17, 15) is 0 Å². The van der Waals surface area contributed by atoms with E-state index in [1.807, 2.05) is 12.2 Å². The maximum absolute atomic E-state index is 3.97. The zero-order chi connectivity index (χ0) is 13.0. The van der Waals surface area contributed by atoms with E-state index in [0.29, 0.717) is 5.92 Å². The molecule has 0 spiro atoms. The number of hydrogen-bond acceptors (Lipinski definition) is 1. The fourth-order valence-electron chi connectivity index (χ4n) is 2.12. The van der Waals surface area contributed by atoms with Crippen LogP contribution in [0.15, 0.2) is 25.3 Å². The van der Waals surface area contributed by atoms with Crippen LogP contribution in [0.5, 0.6) is 0 Å². The average molecular weight is 223 g/mol. The second-order valence-electron chi connectivity index (χ2n) is 5.68. The van der Waals surface area contributed by atoms with Crippen molar-refractivity contribution >= 4 is 0 Å². The lowest BCUT2D eigenvalue weighted by atomic mass is 9.71. The minimum absolute atomic E-state index is 0.0511. The van der Waals surface area contributed by atoms with Crippen molar-refractivity contribution < 1.29 is 0 Å². The normalized spacial score (nSPS) is 13.2. The maximum atomic E-state index is 3.97. The number of hydrogen-bond donors (Lipinski definition) is 0. The predicted molar refractivity (Wildman–Crippen MR) is 74.7 cm³/mol. The van der Waals surface area contributed by atoms with Crippen LogP contribution in [-0.2, 0) is 0 Å². The third-order valence-corrected chi connectivity index (χ3v) is 3.92. The highest BCUT2D eigenvalue weighted by Crippen LogP contribution is 2.38. The minimum atomic E-state index is -0.0576. The van der Waals surface area contributed by atoms with Gasteiger partial charge in [-0.25, -0.2) is 0 Å². The first-order valence-electron chi connectivity index (χ1n) is 6.27. The van der Waals surface area contributed by atoms with Gasteiger partial charge in [0, 0.05) is 17.5 Å². The second kappa shape index (κ2) is 5.67. The van der Waals surface area contributed by atoms with Gasteiger partial charge in [-0.15, -0.1) is 13.2 Å². The van der Waals surface area contributed by atoms with Crippen LogP contribution >= 0.6 is 0 Å². The number of nitrogens with zero attached hydrogens (tertiary/aromatic N) is 1. The Morgan fingerprint density at radius 2 is 1.56 bits per heavy atom. The third kappa shape index (κ3) is 2.98. The van der Waals surface area contributed by atoms with Crippen molar-refractivity contribution in [1.82, 2.24) is 4.90 Å². The van der Waals surface area contributed by atoms with Crippen LogP contribution in [0.25, 0.3) is 0 Å². The highest BCUT2D eigenvalue weighted by molar-refractivity contribution is 5.15. The fraction of sp³-hybridized carbons (Fsp3) is 0.733. The molecule has 0 amide bonds. The van der Waals surface area contributed by atoms with Gasteiger partial charge in [-0.3, -0.25) is 4.90 Å². The third-order valence-electron chi connectivity index (χ3n) is 3.92. The van der Waals surface area contributed by atoms with Crippen molar-refractivity contribution in [2.24, 2.45) is 11.3 Å². The van der Waals surface area contributed by atoms with Crippen LogP contribution in [-0.4, -0.2) is 23.5 Å². The Kier molecular flexibility index (Phi) is 5.48. The molecule has 0 saturated carbocycles. The van der Waals surface area contributed by atoms with Crippen LogP contribution in [0.1, 0.15) is 41.5 Å². The lowest BCUT2D eigenvalue weighted by molar-refractivity contribution is 0.0481. The monoisotopic (exact) mass is 223 g/mol. The van der Waals surface area contributed by atoms with Gasteiger partial charge in [0.05, 0.1) is 0 Å². The van der Waals surface area contributed by atoms with Gasteiger partial charge in [-0.05, 0) is 26.3 Å². The van der Waals surface area contributed by atoms with Crippen molar-refractivity contribution in [2.45, 2.75) is 47.1 Å². The van der Waals surface area contributed by atoms with E-state index >= 15 is 0 Å². The molecule has 0 aliphatic rings. The summed E-state index contributed by atoms with van der Waals surface area (Å²) < 4.78 is 0. The molecule has 0 radical (unpaired) electrons. The van der Waals surface area contributed by atoms with Crippen molar-refractivity contribution in [2.75, 3.05) is 13.1 Å².